The van der Waals surface area contributed by atoms with Gasteiger partial charge in [0.15, 0.2) is 5.79 Å². The van der Waals surface area contributed by atoms with E-state index in [-0.39, 0.29) is 5.79 Å². The molecule has 3 heteroatoms. The summed E-state index contributed by atoms with van der Waals surface area (Å²) in [4.78, 5) is 0. The Morgan fingerprint density at radius 3 is 2.59 bits per heavy atom. The molecular weight excluding hydrogens is 336 g/mol. The summed E-state index contributed by atoms with van der Waals surface area (Å²) in [5.41, 5.74) is 2.43. The van der Waals surface area contributed by atoms with Crippen LogP contribution in [0.2, 0.25) is 0 Å². The van der Waals surface area contributed by atoms with Crippen molar-refractivity contribution in [1.29, 1.82) is 0 Å². The molecule has 3 nitrogen and oxygen atoms in total. The van der Waals surface area contributed by atoms with Crippen LogP contribution in [0.3, 0.4) is 0 Å². The standard InChI is InChI=1S/C24H38O3/c1-16(15-25)19-6-7-20-18-5-4-17-14-24(26-12-13-27-24)11-10-22(17,2)21(18)8-9-23(19,20)3/h4,16,18-21,25H,5-15H2,1-3H3/t16-,18?,19?,20?,21?,22+,23-/m1/s1. The second-order valence-electron chi connectivity index (χ2n) is 10.9. The third-order valence-corrected chi connectivity index (χ3v) is 9.97. The van der Waals surface area contributed by atoms with Gasteiger partial charge in [-0.1, -0.05) is 32.4 Å². The first-order valence-electron chi connectivity index (χ1n) is 11.5. The number of aliphatic hydroxyl groups excluding tert-OH is 1. The lowest BCUT2D eigenvalue weighted by atomic mass is 9.47. The van der Waals surface area contributed by atoms with Gasteiger partial charge < -0.3 is 14.6 Å². The van der Waals surface area contributed by atoms with E-state index in [1.54, 1.807) is 5.57 Å². The summed E-state index contributed by atoms with van der Waals surface area (Å²) in [7, 11) is 0. The molecule has 1 heterocycles. The molecule has 3 saturated carbocycles. The monoisotopic (exact) mass is 374 g/mol. The summed E-state index contributed by atoms with van der Waals surface area (Å²) in [5.74, 6) is 3.39. The maximum absolute atomic E-state index is 9.80. The summed E-state index contributed by atoms with van der Waals surface area (Å²) in [6, 6.07) is 0. The van der Waals surface area contributed by atoms with E-state index in [4.69, 9.17) is 9.47 Å². The highest BCUT2D eigenvalue weighted by atomic mass is 16.7. The Hall–Kier alpha value is -0.380. The van der Waals surface area contributed by atoms with Gasteiger partial charge in [-0.05, 0) is 78.9 Å². The van der Waals surface area contributed by atoms with E-state index in [0.29, 0.717) is 29.3 Å². The molecule has 1 N–H and O–H groups in total. The molecule has 0 amide bonds. The minimum absolute atomic E-state index is 0.295. The van der Waals surface area contributed by atoms with E-state index in [0.717, 1.165) is 43.8 Å². The first-order chi connectivity index (χ1) is 12.9. The van der Waals surface area contributed by atoms with Gasteiger partial charge >= 0.3 is 0 Å². The molecule has 0 aromatic rings. The molecule has 0 aromatic heterocycles. The molecule has 1 aliphatic heterocycles. The Kier molecular flexibility index (Phi) is 4.35. The van der Waals surface area contributed by atoms with E-state index in [2.05, 4.69) is 26.8 Å². The van der Waals surface area contributed by atoms with E-state index < -0.39 is 0 Å². The van der Waals surface area contributed by atoms with Crippen LogP contribution < -0.4 is 0 Å². The van der Waals surface area contributed by atoms with Crippen molar-refractivity contribution in [1.82, 2.24) is 0 Å². The molecule has 4 unspecified atom stereocenters. The Bertz CT molecular complexity index is 621. The zero-order valence-electron chi connectivity index (χ0n) is 17.5. The van der Waals surface area contributed by atoms with Gasteiger partial charge in [-0.25, -0.2) is 0 Å². The van der Waals surface area contributed by atoms with Gasteiger partial charge in [0.2, 0.25) is 0 Å². The minimum atomic E-state index is -0.295. The minimum Gasteiger partial charge on any atom is -0.396 e. The van der Waals surface area contributed by atoms with Gasteiger partial charge in [0, 0.05) is 19.4 Å². The maximum Gasteiger partial charge on any atom is 0.172 e. The van der Waals surface area contributed by atoms with Crippen LogP contribution in [0, 0.1) is 40.4 Å². The Balaban J connectivity index is 1.42. The van der Waals surface area contributed by atoms with Crippen LogP contribution in [-0.4, -0.2) is 30.7 Å². The molecule has 5 rings (SSSR count). The highest BCUT2D eigenvalue weighted by Crippen LogP contribution is 2.67. The first kappa shape index (κ1) is 18.6. The van der Waals surface area contributed by atoms with E-state index in [9.17, 15) is 5.11 Å². The maximum atomic E-state index is 9.80. The van der Waals surface area contributed by atoms with E-state index in [1.165, 1.54) is 38.5 Å². The van der Waals surface area contributed by atoms with Crippen LogP contribution in [-0.2, 0) is 9.47 Å². The molecule has 5 aliphatic rings. The van der Waals surface area contributed by atoms with Gasteiger partial charge in [-0.3, -0.25) is 0 Å². The third-order valence-electron chi connectivity index (χ3n) is 9.97. The lowest BCUT2D eigenvalue weighted by molar-refractivity contribution is -0.185. The van der Waals surface area contributed by atoms with Gasteiger partial charge in [-0.15, -0.1) is 0 Å². The van der Waals surface area contributed by atoms with E-state index in [1.807, 2.05) is 0 Å². The van der Waals surface area contributed by atoms with Crippen LogP contribution in [0.4, 0.5) is 0 Å². The van der Waals surface area contributed by atoms with Gasteiger partial charge in [-0.2, -0.15) is 0 Å². The van der Waals surface area contributed by atoms with Gasteiger partial charge in [0.1, 0.15) is 0 Å². The summed E-state index contributed by atoms with van der Waals surface area (Å²) < 4.78 is 12.1. The molecule has 0 bridgehead atoms. The van der Waals surface area contributed by atoms with Crippen molar-refractivity contribution in [3.05, 3.63) is 11.6 Å². The van der Waals surface area contributed by atoms with Crippen molar-refractivity contribution >= 4 is 0 Å². The lowest BCUT2D eigenvalue weighted by Crippen LogP contribution is -2.52. The third kappa shape index (κ3) is 2.57. The number of allylic oxidation sites excluding steroid dienone is 1. The fourth-order valence-electron chi connectivity index (χ4n) is 8.45. The fourth-order valence-corrected chi connectivity index (χ4v) is 8.45. The molecule has 0 aromatic carbocycles. The highest BCUT2D eigenvalue weighted by Gasteiger charge is 2.60. The van der Waals surface area contributed by atoms with Crippen LogP contribution in [0.25, 0.3) is 0 Å². The summed E-state index contributed by atoms with van der Waals surface area (Å²) >= 11 is 0. The number of fused-ring (bicyclic) bond motifs is 5. The fraction of sp³-hybridized carbons (Fsp3) is 0.917. The second kappa shape index (κ2) is 6.31. The zero-order valence-corrected chi connectivity index (χ0v) is 17.5. The van der Waals surface area contributed by atoms with Crippen molar-refractivity contribution in [2.75, 3.05) is 19.8 Å². The molecule has 1 spiro atoms. The van der Waals surface area contributed by atoms with Gasteiger partial charge in [0.25, 0.3) is 0 Å². The van der Waals surface area contributed by atoms with Crippen LogP contribution in [0.5, 0.6) is 0 Å². The summed E-state index contributed by atoms with van der Waals surface area (Å²) in [6.45, 7) is 9.28. The number of aliphatic hydroxyl groups is 1. The number of rotatable bonds is 2. The van der Waals surface area contributed by atoms with Crippen LogP contribution in [0.1, 0.15) is 72.1 Å². The second-order valence-corrected chi connectivity index (χ2v) is 10.9. The molecule has 27 heavy (non-hydrogen) atoms. The van der Waals surface area contributed by atoms with Crippen molar-refractivity contribution in [2.45, 2.75) is 77.9 Å². The van der Waals surface area contributed by atoms with Crippen molar-refractivity contribution < 1.29 is 14.6 Å². The summed E-state index contributed by atoms with van der Waals surface area (Å²) in [5, 5.41) is 9.80. The molecule has 4 aliphatic carbocycles. The largest absolute Gasteiger partial charge is 0.396 e. The number of hydrogen-bond acceptors (Lipinski definition) is 3. The van der Waals surface area contributed by atoms with Crippen molar-refractivity contribution in [3.8, 4) is 0 Å². The molecular formula is C24H38O3. The van der Waals surface area contributed by atoms with E-state index >= 15 is 0 Å². The van der Waals surface area contributed by atoms with Crippen LogP contribution in [0.15, 0.2) is 11.6 Å². The first-order valence-corrected chi connectivity index (χ1v) is 11.5. The number of hydrogen-bond donors (Lipinski definition) is 1. The van der Waals surface area contributed by atoms with Gasteiger partial charge in [0.05, 0.1) is 13.2 Å². The predicted octanol–water partition coefficient (Wildman–Crippen LogP) is 4.94. The Morgan fingerprint density at radius 2 is 1.85 bits per heavy atom. The molecule has 7 atom stereocenters. The lowest BCUT2D eigenvalue weighted by Gasteiger charge is -2.59. The Labute approximate surface area is 164 Å². The highest BCUT2D eigenvalue weighted by molar-refractivity contribution is 5.26. The average Bonchev–Trinajstić information content (AvgIpc) is 3.26. The molecule has 152 valence electrons. The molecule has 0 radical (unpaired) electrons. The molecule has 1 saturated heterocycles. The molecule has 4 fully saturated rings. The van der Waals surface area contributed by atoms with Crippen LogP contribution >= 0.6 is 0 Å². The van der Waals surface area contributed by atoms with Crippen molar-refractivity contribution in [2.24, 2.45) is 40.4 Å². The SMILES string of the molecule is C[C@H](CO)C1CCC2C3CC=C4CC5(CC[C@]4(C)C3CC[C@@]21C)OCCO5. The topological polar surface area (TPSA) is 38.7 Å². The Morgan fingerprint density at radius 1 is 1.07 bits per heavy atom. The zero-order chi connectivity index (χ0) is 18.9. The normalized spacial score (nSPS) is 49.3. The number of ether oxygens (including phenoxy) is 2. The smallest absolute Gasteiger partial charge is 0.172 e. The van der Waals surface area contributed by atoms with Crippen molar-refractivity contribution in [3.63, 3.8) is 0 Å². The quantitative estimate of drug-likeness (QED) is 0.696. The average molecular weight is 375 g/mol. The summed E-state index contributed by atoms with van der Waals surface area (Å²) in [6.07, 6.45) is 12.6. The predicted molar refractivity (Wildman–Crippen MR) is 106 cm³/mol.